The second-order valence-electron chi connectivity index (χ2n) is 4.34. The Balaban J connectivity index is 2.60. The van der Waals surface area contributed by atoms with Gasteiger partial charge in [0.25, 0.3) is 0 Å². The van der Waals surface area contributed by atoms with Crippen molar-refractivity contribution in [2.24, 2.45) is 0 Å². The van der Waals surface area contributed by atoms with Gasteiger partial charge in [0.2, 0.25) is 0 Å². The summed E-state index contributed by atoms with van der Waals surface area (Å²) in [6, 6.07) is 5.91. The van der Waals surface area contributed by atoms with Gasteiger partial charge in [-0.2, -0.15) is 5.10 Å². The van der Waals surface area contributed by atoms with Crippen molar-refractivity contribution in [2.45, 2.75) is 33.2 Å². The summed E-state index contributed by atoms with van der Waals surface area (Å²) in [5, 5.41) is 8.43. The maximum Gasteiger partial charge on any atom is 0.151 e. The first-order valence-corrected chi connectivity index (χ1v) is 6.96. The van der Waals surface area contributed by atoms with Crippen molar-refractivity contribution in [2.75, 3.05) is 7.05 Å². The Morgan fingerprint density at radius 3 is 2.68 bits per heavy atom. The Morgan fingerprint density at radius 2 is 2.05 bits per heavy atom. The van der Waals surface area contributed by atoms with E-state index < -0.39 is 0 Å². The predicted molar refractivity (Wildman–Crippen MR) is 77.9 cm³/mol. The lowest BCUT2D eigenvalue weighted by Gasteiger charge is -2.12. The van der Waals surface area contributed by atoms with E-state index in [1.54, 1.807) is 0 Å². The monoisotopic (exact) mass is 278 g/mol. The molecule has 1 aromatic heterocycles. The fourth-order valence-corrected chi connectivity index (χ4v) is 2.35. The molecule has 0 bridgehead atoms. The quantitative estimate of drug-likeness (QED) is 0.914. The molecule has 0 saturated carbocycles. The molecule has 1 aromatic carbocycles. The lowest BCUT2D eigenvalue weighted by Crippen LogP contribution is -2.12. The third kappa shape index (κ3) is 2.80. The number of aromatic nitrogens is 3. The SMILES string of the molecule is CCc1nc(CC)n(-c2c(Cl)cccc2CNC)n1. The Labute approximate surface area is 118 Å². The number of nitrogens with zero attached hydrogens (tertiary/aromatic N) is 3. The first-order chi connectivity index (χ1) is 9.21. The molecule has 1 heterocycles. The molecule has 5 heteroatoms. The summed E-state index contributed by atoms with van der Waals surface area (Å²) in [6.45, 7) is 4.88. The predicted octanol–water partition coefficient (Wildman–Crippen LogP) is 2.76. The normalized spacial score (nSPS) is 10.9. The van der Waals surface area contributed by atoms with Gasteiger partial charge < -0.3 is 5.32 Å². The van der Waals surface area contributed by atoms with Crippen LogP contribution in [0.3, 0.4) is 0 Å². The van der Waals surface area contributed by atoms with Crippen molar-refractivity contribution in [1.82, 2.24) is 20.1 Å². The topological polar surface area (TPSA) is 42.7 Å². The molecule has 2 rings (SSSR count). The molecule has 19 heavy (non-hydrogen) atoms. The van der Waals surface area contributed by atoms with Crippen molar-refractivity contribution in [1.29, 1.82) is 0 Å². The largest absolute Gasteiger partial charge is 0.316 e. The highest BCUT2D eigenvalue weighted by Gasteiger charge is 2.15. The first-order valence-electron chi connectivity index (χ1n) is 6.58. The van der Waals surface area contributed by atoms with Gasteiger partial charge in [-0.15, -0.1) is 0 Å². The number of para-hydroxylation sites is 1. The van der Waals surface area contributed by atoms with Crippen LogP contribution in [0.2, 0.25) is 5.02 Å². The van der Waals surface area contributed by atoms with Crippen LogP contribution in [0.4, 0.5) is 0 Å². The molecule has 4 nitrogen and oxygen atoms in total. The average Bonchev–Trinajstić information content (AvgIpc) is 2.82. The maximum atomic E-state index is 6.36. The summed E-state index contributed by atoms with van der Waals surface area (Å²) in [5.41, 5.74) is 2.06. The summed E-state index contributed by atoms with van der Waals surface area (Å²) in [5.74, 6) is 1.80. The van der Waals surface area contributed by atoms with Gasteiger partial charge in [0.1, 0.15) is 5.82 Å². The number of hydrogen-bond acceptors (Lipinski definition) is 3. The molecule has 0 aliphatic rings. The zero-order chi connectivity index (χ0) is 13.8. The molecule has 0 aliphatic carbocycles. The van der Waals surface area contributed by atoms with Gasteiger partial charge in [0, 0.05) is 19.4 Å². The number of benzene rings is 1. The number of aryl methyl sites for hydroxylation is 2. The molecule has 0 aliphatic heterocycles. The van der Waals surface area contributed by atoms with Gasteiger partial charge in [-0.25, -0.2) is 9.67 Å². The van der Waals surface area contributed by atoms with E-state index in [2.05, 4.69) is 35.3 Å². The molecule has 2 aromatic rings. The Hall–Kier alpha value is -1.39. The standard InChI is InChI=1S/C14H19ClN4/c1-4-12-17-13(5-2)19(18-12)14-10(9-16-3)7-6-8-11(14)15/h6-8,16H,4-5,9H2,1-3H3. The van der Waals surface area contributed by atoms with Crippen LogP contribution in [0, 0.1) is 0 Å². The second kappa shape index (κ2) is 6.17. The average molecular weight is 279 g/mol. The summed E-state index contributed by atoms with van der Waals surface area (Å²) < 4.78 is 1.88. The van der Waals surface area contributed by atoms with Crippen LogP contribution < -0.4 is 5.32 Å². The molecule has 0 radical (unpaired) electrons. The summed E-state index contributed by atoms with van der Waals surface area (Å²) >= 11 is 6.36. The molecular weight excluding hydrogens is 260 g/mol. The fraction of sp³-hybridized carbons (Fsp3) is 0.429. The molecule has 0 saturated heterocycles. The Bertz CT molecular complexity index is 563. The lowest BCUT2D eigenvalue weighted by atomic mass is 10.1. The molecule has 1 N–H and O–H groups in total. The minimum atomic E-state index is 0.704. The molecular formula is C14H19ClN4. The van der Waals surface area contributed by atoms with Crippen molar-refractivity contribution < 1.29 is 0 Å². The van der Waals surface area contributed by atoms with Crippen LogP contribution >= 0.6 is 11.6 Å². The molecule has 0 unspecified atom stereocenters. The van der Waals surface area contributed by atoms with Crippen molar-refractivity contribution in [3.8, 4) is 5.69 Å². The maximum absolute atomic E-state index is 6.36. The number of rotatable bonds is 5. The Kier molecular flexibility index (Phi) is 4.56. The zero-order valence-electron chi connectivity index (χ0n) is 11.6. The van der Waals surface area contributed by atoms with E-state index in [0.717, 1.165) is 42.3 Å². The lowest BCUT2D eigenvalue weighted by molar-refractivity contribution is 0.756. The van der Waals surface area contributed by atoms with Gasteiger partial charge in [-0.1, -0.05) is 37.6 Å². The van der Waals surface area contributed by atoms with E-state index in [4.69, 9.17) is 11.6 Å². The van der Waals surface area contributed by atoms with Gasteiger partial charge in [-0.3, -0.25) is 0 Å². The summed E-state index contributed by atoms with van der Waals surface area (Å²) in [4.78, 5) is 4.54. The van der Waals surface area contributed by atoms with Gasteiger partial charge in [-0.05, 0) is 18.7 Å². The molecule has 0 atom stereocenters. The molecule has 0 amide bonds. The summed E-state index contributed by atoms with van der Waals surface area (Å²) in [7, 11) is 1.92. The van der Waals surface area contributed by atoms with E-state index in [1.807, 2.05) is 23.9 Å². The van der Waals surface area contributed by atoms with E-state index in [0.29, 0.717) is 5.02 Å². The zero-order valence-corrected chi connectivity index (χ0v) is 12.3. The molecule has 0 fully saturated rings. The number of hydrogen-bond donors (Lipinski definition) is 1. The van der Waals surface area contributed by atoms with E-state index >= 15 is 0 Å². The van der Waals surface area contributed by atoms with Gasteiger partial charge in [0.15, 0.2) is 5.82 Å². The molecule has 102 valence electrons. The van der Waals surface area contributed by atoms with Crippen LogP contribution in [0.15, 0.2) is 18.2 Å². The number of halogens is 1. The highest BCUT2D eigenvalue weighted by atomic mass is 35.5. The molecule has 0 spiro atoms. The van der Waals surface area contributed by atoms with Gasteiger partial charge in [0.05, 0.1) is 10.7 Å². The first kappa shape index (κ1) is 14.0. The van der Waals surface area contributed by atoms with Crippen LogP contribution in [-0.4, -0.2) is 21.8 Å². The highest BCUT2D eigenvalue weighted by Crippen LogP contribution is 2.25. The second-order valence-corrected chi connectivity index (χ2v) is 4.75. The van der Waals surface area contributed by atoms with Crippen molar-refractivity contribution in [3.63, 3.8) is 0 Å². The van der Waals surface area contributed by atoms with Gasteiger partial charge >= 0.3 is 0 Å². The van der Waals surface area contributed by atoms with Crippen LogP contribution in [0.5, 0.6) is 0 Å². The van der Waals surface area contributed by atoms with Crippen molar-refractivity contribution >= 4 is 11.6 Å². The Morgan fingerprint density at radius 1 is 1.26 bits per heavy atom. The summed E-state index contributed by atoms with van der Waals surface area (Å²) in [6.07, 6.45) is 1.66. The smallest absolute Gasteiger partial charge is 0.151 e. The highest BCUT2D eigenvalue weighted by molar-refractivity contribution is 6.32. The minimum absolute atomic E-state index is 0.704. The third-order valence-electron chi connectivity index (χ3n) is 3.00. The van der Waals surface area contributed by atoms with Crippen LogP contribution in [-0.2, 0) is 19.4 Å². The van der Waals surface area contributed by atoms with Crippen LogP contribution in [0.25, 0.3) is 5.69 Å². The third-order valence-corrected chi connectivity index (χ3v) is 3.30. The van der Waals surface area contributed by atoms with E-state index in [-0.39, 0.29) is 0 Å². The number of nitrogens with one attached hydrogen (secondary N) is 1. The van der Waals surface area contributed by atoms with E-state index in [1.165, 1.54) is 0 Å². The van der Waals surface area contributed by atoms with E-state index in [9.17, 15) is 0 Å². The van der Waals surface area contributed by atoms with Crippen molar-refractivity contribution in [3.05, 3.63) is 40.4 Å². The van der Waals surface area contributed by atoms with Crippen LogP contribution in [0.1, 0.15) is 31.1 Å². The minimum Gasteiger partial charge on any atom is -0.316 e. The fourth-order valence-electron chi connectivity index (χ4n) is 2.08.